The molecule has 2 rings (SSSR count). The summed E-state index contributed by atoms with van der Waals surface area (Å²) in [6, 6.07) is 8.34. The summed E-state index contributed by atoms with van der Waals surface area (Å²) < 4.78 is 15.2. The number of benzene rings is 2. The molecule has 2 aromatic carbocycles. The maximum absolute atomic E-state index is 15.2. The molecule has 38 heavy (non-hydrogen) atoms. The van der Waals surface area contributed by atoms with Crippen LogP contribution in [0.25, 0.3) is 0 Å². The van der Waals surface area contributed by atoms with Crippen LogP contribution in [0, 0.1) is 5.92 Å². The minimum absolute atomic E-state index is 0.0869. The molecule has 0 saturated heterocycles. The Balaban J connectivity index is 2.85. The van der Waals surface area contributed by atoms with Crippen molar-refractivity contribution in [3.05, 3.63) is 68.8 Å². The largest absolute Gasteiger partial charge is 0.307 e. The van der Waals surface area contributed by atoms with Crippen LogP contribution in [0.3, 0.4) is 0 Å². The summed E-state index contributed by atoms with van der Waals surface area (Å²) in [6.07, 6.45) is 8.39. The molecular weight excluding hydrogens is 487 g/mol. The normalized spacial score (nSPS) is 12.5. The second-order valence-electron chi connectivity index (χ2n) is 10.6. The molecule has 0 N–H and O–H groups in total. The van der Waals surface area contributed by atoms with Crippen LogP contribution in [0.2, 0.25) is 0 Å². The Morgan fingerprint density at radius 3 is 1.26 bits per heavy atom. The van der Waals surface area contributed by atoms with E-state index in [0.29, 0.717) is 36.8 Å². The first-order chi connectivity index (χ1) is 18.2. The second kappa shape index (κ2) is 15.0. The van der Waals surface area contributed by atoms with Crippen LogP contribution in [-0.2, 0) is 43.1 Å². The van der Waals surface area contributed by atoms with Gasteiger partial charge in [-0.3, -0.25) is 9.59 Å². The van der Waals surface area contributed by atoms with Gasteiger partial charge in [0.25, 0.3) is 0 Å². The van der Waals surface area contributed by atoms with Crippen molar-refractivity contribution in [2.45, 2.75) is 120 Å². The SMILES string of the molecule is CCCCC(CC)CP(=O)(C(=O)c1c(CC)cc(CC)cc1CC)C(=O)c1c(CC)cc(CC)cc1CC. The summed E-state index contributed by atoms with van der Waals surface area (Å²) >= 11 is 0. The number of hydrogen-bond acceptors (Lipinski definition) is 3. The molecule has 0 aliphatic rings. The van der Waals surface area contributed by atoms with E-state index < -0.39 is 18.2 Å². The van der Waals surface area contributed by atoms with E-state index in [1.54, 1.807) is 0 Å². The van der Waals surface area contributed by atoms with E-state index in [0.717, 1.165) is 60.8 Å². The molecule has 1 atom stereocenters. The average Bonchev–Trinajstić information content (AvgIpc) is 2.96. The Morgan fingerprint density at radius 2 is 1.00 bits per heavy atom. The van der Waals surface area contributed by atoms with E-state index in [9.17, 15) is 9.59 Å². The van der Waals surface area contributed by atoms with Crippen molar-refractivity contribution in [1.29, 1.82) is 0 Å². The number of carbonyl (C=O) groups excluding carboxylic acids is 2. The van der Waals surface area contributed by atoms with E-state index >= 15 is 4.57 Å². The molecule has 2 aromatic rings. The quantitative estimate of drug-likeness (QED) is 0.200. The number of unbranched alkanes of at least 4 members (excludes halogenated alkanes) is 1. The van der Waals surface area contributed by atoms with Gasteiger partial charge in [-0.2, -0.15) is 0 Å². The van der Waals surface area contributed by atoms with E-state index in [2.05, 4.69) is 52.0 Å². The van der Waals surface area contributed by atoms with Gasteiger partial charge in [-0.05, 0) is 84.2 Å². The zero-order valence-corrected chi connectivity index (χ0v) is 26.2. The highest BCUT2D eigenvalue weighted by Gasteiger charge is 2.44. The van der Waals surface area contributed by atoms with E-state index in [1.807, 2.05) is 27.7 Å². The molecule has 0 aromatic heterocycles. The predicted molar refractivity (Wildman–Crippen MR) is 164 cm³/mol. The second-order valence-corrected chi connectivity index (χ2v) is 13.3. The molecule has 0 spiro atoms. The minimum atomic E-state index is -3.94. The van der Waals surface area contributed by atoms with E-state index in [-0.39, 0.29) is 12.1 Å². The maximum atomic E-state index is 15.2. The van der Waals surface area contributed by atoms with Gasteiger partial charge in [-0.15, -0.1) is 0 Å². The van der Waals surface area contributed by atoms with Crippen molar-refractivity contribution in [3.63, 3.8) is 0 Å². The first-order valence-electron chi connectivity index (χ1n) is 15.2. The van der Waals surface area contributed by atoms with Crippen molar-refractivity contribution >= 4 is 18.2 Å². The summed E-state index contributed by atoms with van der Waals surface area (Å²) in [5.41, 5.74) is 6.36. The Kier molecular flexibility index (Phi) is 12.7. The monoisotopic (exact) mass is 538 g/mol. The number of rotatable bonds is 16. The molecule has 0 bridgehead atoms. The fourth-order valence-electron chi connectivity index (χ4n) is 5.65. The Hall–Kier alpha value is -1.99. The van der Waals surface area contributed by atoms with Crippen LogP contribution in [0.1, 0.15) is 135 Å². The lowest BCUT2D eigenvalue weighted by Gasteiger charge is -2.26. The number of carbonyl (C=O) groups is 2. The minimum Gasteiger partial charge on any atom is -0.307 e. The van der Waals surface area contributed by atoms with Gasteiger partial charge in [-0.25, -0.2) is 0 Å². The summed E-state index contributed by atoms with van der Waals surface area (Å²) in [7, 11) is -3.94. The third-order valence-corrected chi connectivity index (χ3v) is 11.0. The van der Waals surface area contributed by atoms with Crippen LogP contribution >= 0.6 is 7.14 Å². The fourth-order valence-corrected chi connectivity index (χ4v) is 8.63. The average molecular weight is 539 g/mol. The highest BCUT2D eigenvalue weighted by atomic mass is 31.2. The zero-order valence-electron chi connectivity index (χ0n) is 25.3. The van der Waals surface area contributed by atoms with E-state index in [1.165, 1.54) is 11.1 Å². The molecule has 0 aliphatic carbocycles. The lowest BCUT2D eigenvalue weighted by molar-refractivity contribution is 0.103. The van der Waals surface area contributed by atoms with Crippen LogP contribution in [0.15, 0.2) is 24.3 Å². The smallest absolute Gasteiger partial charge is 0.229 e. The molecule has 0 fully saturated rings. The molecule has 210 valence electrons. The van der Waals surface area contributed by atoms with Gasteiger partial charge in [0.1, 0.15) is 0 Å². The fraction of sp³-hybridized carbons (Fsp3) is 0.588. The molecule has 0 saturated carbocycles. The predicted octanol–water partition coefficient (Wildman–Crippen LogP) is 9.62. The van der Waals surface area contributed by atoms with E-state index in [4.69, 9.17) is 0 Å². The van der Waals surface area contributed by atoms with Gasteiger partial charge in [0, 0.05) is 17.3 Å². The molecule has 4 heteroatoms. The first-order valence-corrected chi connectivity index (χ1v) is 17.1. The third-order valence-electron chi connectivity index (χ3n) is 8.21. The number of aryl methyl sites for hydroxylation is 6. The lowest BCUT2D eigenvalue weighted by atomic mass is 9.94. The van der Waals surface area contributed by atoms with Gasteiger partial charge in [0.2, 0.25) is 18.2 Å². The molecule has 0 amide bonds. The van der Waals surface area contributed by atoms with Crippen molar-refractivity contribution < 1.29 is 14.2 Å². The van der Waals surface area contributed by atoms with Crippen LogP contribution in [-0.4, -0.2) is 17.2 Å². The Labute approximate surface area is 232 Å². The highest BCUT2D eigenvalue weighted by Crippen LogP contribution is 2.56. The molecule has 0 radical (unpaired) electrons. The molecule has 0 aliphatic heterocycles. The standard InChI is InChI=1S/C34H51O3P/c1-9-17-18-24(10-2)23-38(37,33(35)31-27(13-5)19-25(11-3)20-28(31)14-6)34(36)32-29(15-7)21-26(12-4)22-30(32)16-8/h19-22,24H,9-18,23H2,1-8H3. The van der Waals surface area contributed by atoms with Crippen LogP contribution < -0.4 is 0 Å². The van der Waals surface area contributed by atoms with Crippen LogP contribution in [0.4, 0.5) is 0 Å². The molecule has 3 nitrogen and oxygen atoms in total. The first kappa shape index (κ1) is 32.2. The summed E-state index contributed by atoms with van der Waals surface area (Å²) in [6.45, 7) is 16.6. The van der Waals surface area contributed by atoms with Crippen molar-refractivity contribution in [3.8, 4) is 0 Å². The maximum Gasteiger partial charge on any atom is 0.229 e. The van der Waals surface area contributed by atoms with Gasteiger partial charge in [0.15, 0.2) is 0 Å². The van der Waals surface area contributed by atoms with Crippen LogP contribution in [0.5, 0.6) is 0 Å². The summed E-state index contributed by atoms with van der Waals surface area (Å²) in [4.78, 5) is 29.2. The highest BCUT2D eigenvalue weighted by molar-refractivity contribution is 7.95. The van der Waals surface area contributed by atoms with Gasteiger partial charge >= 0.3 is 0 Å². The molecule has 1 unspecified atom stereocenters. The molecular formula is C34H51O3P. The van der Waals surface area contributed by atoms with Crippen molar-refractivity contribution in [1.82, 2.24) is 0 Å². The van der Waals surface area contributed by atoms with Crippen molar-refractivity contribution in [2.75, 3.05) is 6.16 Å². The topological polar surface area (TPSA) is 51.2 Å². The van der Waals surface area contributed by atoms with Gasteiger partial charge in [0.05, 0.1) is 0 Å². The number of hydrogen-bond donors (Lipinski definition) is 0. The van der Waals surface area contributed by atoms with Gasteiger partial charge < -0.3 is 4.57 Å². The van der Waals surface area contributed by atoms with Crippen molar-refractivity contribution in [2.24, 2.45) is 5.92 Å². The third kappa shape index (κ3) is 6.95. The summed E-state index contributed by atoms with van der Waals surface area (Å²) in [5.74, 6) is 0.0869. The Morgan fingerprint density at radius 1 is 0.632 bits per heavy atom. The zero-order chi connectivity index (χ0) is 28.5. The lowest BCUT2D eigenvalue weighted by Crippen LogP contribution is -2.22. The molecule has 0 heterocycles. The van der Waals surface area contributed by atoms with Gasteiger partial charge in [-0.1, -0.05) is 98.9 Å². The summed E-state index contributed by atoms with van der Waals surface area (Å²) in [5, 5.41) is 0. The Bertz CT molecular complexity index is 1030.